The van der Waals surface area contributed by atoms with E-state index >= 15 is 0 Å². The van der Waals surface area contributed by atoms with Crippen LogP contribution >= 0.6 is 11.8 Å². The lowest BCUT2D eigenvalue weighted by Gasteiger charge is -2.15. The topological polar surface area (TPSA) is 105 Å². The van der Waals surface area contributed by atoms with Gasteiger partial charge in [-0.2, -0.15) is 0 Å². The maximum Gasteiger partial charge on any atom is 0.259 e. The molecule has 2 atom stereocenters. The van der Waals surface area contributed by atoms with E-state index in [4.69, 9.17) is 9.54 Å². The van der Waals surface area contributed by atoms with Gasteiger partial charge in [0, 0.05) is 18.7 Å². The molecular weight excluding hydrogens is 496 g/mol. The van der Waals surface area contributed by atoms with E-state index in [1.54, 1.807) is 24.3 Å². The summed E-state index contributed by atoms with van der Waals surface area (Å²) in [5.41, 5.74) is 5.06. The summed E-state index contributed by atoms with van der Waals surface area (Å²) in [6.45, 7) is 2.58. The molecule has 10 heteroatoms. The molecule has 0 radical (unpaired) electrons. The van der Waals surface area contributed by atoms with E-state index in [2.05, 4.69) is 9.29 Å². The average Bonchev–Trinajstić information content (AvgIpc) is 3.34. The summed E-state index contributed by atoms with van der Waals surface area (Å²) < 4.78 is 24.4. The minimum absolute atomic E-state index is 0.126. The molecule has 1 aliphatic heterocycles. The summed E-state index contributed by atoms with van der Waals surface area (Å²) in [6, 6.07) is 22.5. The molecular formula is C26H24N4O4S2. The van der Waals surface area contributed by atoms with Crippen LogP contribution in [0.1, 0.15) is 17.5 Å². The van der Waals surface area contributed by atoms with Crippen molar-refractivity contribution in [3.8, 4) is 0 Å². The monoisotopic (exact) mass is 520 g/mol. The minimum Gasteiger partial charge on any atom is -0.319 e. The lowest BCUT2D eigenvalue weighted by atomic mass is 10.1. The molecule has 5 rings (SSSR count). The standard InChI is InChI=1S/C26H24N4O4S2/c1-17-6-12-20(13-7-17)30-24(31)16-23(25(30)32)35-26-27-21-4-2-3-5-22(21)29(26)15-14-18-8-10-19(11-9-18)28-36(33)34/h2-13,23,28H,14-16H2,1H3,(H,33,34). The molecule has 2 heterocycles. The van der Waals surface area contributed by atoms with E-state index in [-0.39, 0.29) is 18.2 Å². The van der Waals surface area contributed by atoms with Crippen LogP contribution in [0.25, 0.3) is 11.0 Å². The molecule has 2 N–H and O–H groups in total. The Balaban J connectivity index is 1.36. The number of carbonyl (C=O) groups excluding carboxylic acids is 2. The van der Waals surface area contributed by atoms with Crippen molar-refractivity contribution in [2.75, 3.05) is 9.62 Å². The number of hydrogen-bond donors (Lipinski definition) is 2. The molecule has 0 aliphatic carbocycles. The van der Waals surface area contributed by atoms with Gasteiger partial charge < -0.3 is 4.57 Å². The summed E-state index contributed by atoms with van der Waals surface area (Å²) >= 11 is -0.785. The normalized spacial score (nSPS) is 16.6. The summed E-state index contributed by atoms with van der Waals surface area (Å²) in [4.78, 5) is 32.0. The molecule has 1 aliphatic rings. The highest BCUT2D eigenvalue weighted by Gasteiger charge is 2.41. The minimum atomic E-state index is -2.11. The number of thioether (sulfide) groups is 1. The van der Waals surface area contributed by atoms with E-state index in [0.717, 1.165) is 22.2 Å². The fraction of sp³-hybridized carbons (Fsp3) is 0.192. The van der Waals surface area contributed by atoms with E-state index in [1.807, 2.05) is 55.5 Å². The Hall–Kier alpha value is -3.47. The second-order valence-electron chi connectivity index (χ2n) is 8.55. The van der Waals surface area contributed by atoms with Gasteiger partial charge in [0.2, 0.25) is 11.8 Å². The molecule has 0 spiro atoms. The van der Waals surface area contributed by atoms with Crippen molar-refractivity contribution in [2.45, 2.75) is 36.7 Å². The smallest absolute Gasteiger partial charge is 0.259 e. The van der Waals surface area contributed by atoms with Crippen LogP contribution in [-0.2, 0) is 33.8 Å². The van der Waals surface area contributed by atoms with E-state index < -0.39 is 16.5 Å². The quantitative estimate of drug-likeness (QED) is 0.261. The first-order valence-corrected chi connectivity index (χ1v) is 13.4. The number of hydrogen-bond acceptors (Lipinski definition) is 5. The number of benzene rings is 3. The molecule has 2 unspecified atom stereocenters. The van der Waals surface area contributed by atoms with Gasteiger partial charge in [0.25, 0.3) is 11.3 Å². The molecule has 1 fully saturated rings. The Bertz CT molecular complexity index is 1450. The Labute approximate surface area is 215 Å². The van der Waals surface area contributed by atoms with Crippen LogP contribution in [0.3, 0.4) is 0 Å². The van der Waals surface area contributed by atoms with Crippen LogP contribution < -0.4 is 9.62 Å². The molecule has 8 nitrogen and oxygen atoms in total. The molecule has 4 aromatic rings. The van der Waals surface area contributed by atoms with Gasteiger partial charge in [-0.25, -0.2) is 14.1 Å². The number of amides is 2. The number of fused-ring (bicyclic) bond motifs is 1. The molecule has 36 heavy (non-hydrogen) atoms. The number of aryl methyl sites for hydroxylation is 3. The highest BCUT2D eigenvalue weighted by atomic mass is 32.2. The van der Waals surface area contributed by atoms with Gasteiger partial charge in [0.1, 0.15) is 5.25 Å². The van der Waals surface area contributed by atoms with Gasteiger partial charge in [-0.05, 0) is 55.3 Å². The number of rotatable bonds is 8. The number of para-hydroxylation sites is 2. The number of nitrogens with zero attached hydrogens (tertiary/aromatic N) is 3. The molecule has 184 valence electrons. The number of aromatic nitrogens is 2. The van der Waals surface area contributed by atoms with Crippen molar-refractivity contribution in [3.63, 3.8) is 0 Å². The summed E-state index contributed by atoms with van der Waals surface area (Å²) in [7, 11) is 0. The van der Waals surface area contributed by atoms with Crippen LogP contribution in [0.15, 0.2) is 78.0 Å². The maximum atomic E-state index is 13.2. The first-order chi connectivity index (χ1) is 17.4. The predicted octanol–water partition coefficient (Wildman–Crippen LogP) is 4.56. The molecule has 2 amide bonds. The number of anilines is 2. The van der Waals surface area contributed by atoms with Crippen LogP contribution in [0.2, 0.25) is 0 Å². The van der Waals surface area contributed by atoms with E-state index in [0.29, 0.717) is 29.5 Å². The van der Waals surface area contributed by atoms with Crippen molar-refractivity contribution in [3.05, 3.63) is 83.9 Å². The van der Waals surface area contributed by atoms with Gasteiger partial charge in [-0.15, -0.1) is 0 Å². The summed E-state index contributed by atoms with van der Waals surface area (Å²) in [6.07, 6.45) is 0.824. The Morgan fingerprint density at radius 3 is 2.50 bits per heavy atom. The first kappa shape index (κ1) is 24.2. The van der Waals surface area contributed by atoms with Crippen molar-refractivity contribution in [1.29, 1.82) is 0 Å². The van der Waals surface area contributed by atoms with E-state index in [1.165, 1.54) is 16.7 Å². The summed E-state index contributed by atoms with van der Waals surface area (Å²) in [5.74, 6) is -0.432. The van der Waals surface area contributed by atoms with Crippen LogP contribution in [0.4, 0.5) is 11.4 Å². The van der Waals surface area contributed by atoms with Crippen LogP contribution in [-0.4, -0.2) is 35.4 Å². The number of nitrogens with one attached hydrogen (secondary N) is 1. The highest BCUT2D eigenvalue weighted by molar-refractivity contribution is 8.00. The highest BCUT2D eigenvalue weighted by Crippen LogP contribution is 2.35. The second-order valence-corrected chi connectivity index (χ2v) is 10.4. The zero-order chi connectivity index (χ0) is 25.2. The van der Waals surface area contributed by atoms with Crippen molar-refractivity contribution in [2.24, 2.45) is 0 Å². The molecule has 3 aromatic carbocycles. The van der Waals surface area contributed by atoms with Gasteiger partial charge >= 0.3 is 0 Å². The number of carbonyl (C=O) groups is 2. The zero-order valence-corrected chi connectivity index (χ0v) is 21.1. The molecule has 0 saturated carbocycles. The van der Waals surface area contributed by atoms with Crippen LogP contribution in [0, 0.1) is 6.92 Å². The van der Waals surface area contributed by atoms with Crippen LogP contribution in [0.5, 0.6) is 0 Å². The number of imide groups is 1. The average molecular weight is 521 g/mol. The lowest BCUT2D eigenvalue weighted by molar-refractivity contribution is -0.121. The lowest BCUT2D eigenvalue weighted by Crippen LogP contribution is -2.31. The van der Waals surface area contributed by atoms with Crippen molar-refractivity contribution in [1.82, 2.24) is 9.55 Å². The fourth-order valence-electron chi connectivity index (χ4n) is 4.23. The fourth-order valence-corrected chi connectivity index (χ4v) is 5.72. The van der Waals surface area contributed by atoms with Gasteiger partial charge in [0.05, 0.1) is 16.7 Å². The first-order valence-electron chi connectivity index (χ1n) is 11.4. The Kier molecular flexibility index (Phi) is 6.90. The molecule has 0 bridgehead atoms. The Morgan fingerprint density at radius 1 is 1.06 bits per heavy atom. The van der Waals surface area contributed by atoms with E-state index in [9.17, 15) is 13.8 Å². The van der Waals surface area contributed by atoms with Crippen molar-refractivity contribution >= 4 is 57.3 Å². The molecule has 1 saturated heterocycles. The third-order valence-corrected chi connectivity index (χ3v) is 7.63. The SMILES string of the molecule is Cc1ccc(N2C(=O)CC(Sc3nc4ccccc4n3CCc3ccc(NS(=O)O)cc3)C2=O)cc1. The third kappa shape index (κ3) is 5.06. The largest absolute Gasteiger partial charge is 0.319 e. The second kappa shape index (κ2) is 10.3. The summed E-state index contributed by atoms with van der Waals surface area (Å²) in [5, 5.41) is 0.154. The third-order valence-electron chi connectivity index (χ3n) is 6.05. The maximum absolute atomic E-state index is 13.2. The van der Waals surface area contributed by atoms with Gasteiger partial charge in [0.15, 0.2) is 5.16 Å². The predicted molar refractivity (Wildman–Crippen MR) is 142 cm³/mol. The zero-order valence-electron chi connectivity index (χ0n) is 19.5. The Morgan fingerprint density at radius 2 is 1.78 bits per heavy atom. The van der Waals surface area contributed by atoms with Gasteiger partial charge in [-0.3, -0.25) is 18.9 Å². The van der Waals surface area contributed by atoms with Gasteiger partial charge in [-0.1, -0.05) is 53.7 Å². The van der Waals surface area contributed by atoms with Crippen molar-refractivity contribution < 1.29 is 18.4 Å². The molecule has 1 aromatic heterocycles. The number of imidazole rings is 1.